The number of aromatic nitrogens is 1. The van der Waals surface area contributed by atoms with Crippen LogP contribution in [0.2, 0.25) is 0 Å². The first-order valence-corrected chi connectivity index (χ1v) is 11.7. The van der Waals surface area contributed by atoms with Crippen LogP contribution in [0.15, 0.2) is 90.0 Å². The molecule has 0 aliphatic carbocycles. The molecule has 33 heavy (non-hydrogen) atoms. The monoisotopic (exact) mass is 461 g/mol. The number of benzene rings is 3. The molecule has 0 saturated heterocycles. The largest absolute Gasteiger partial charge is 0.323 e. The van der Waals surface area contributed by atoms with E-state index in [0.29, 0.717) is 6.54 Å². The average molecular weight is 462 g/mol. The smallest absolute Gasteiger partial charge is 0.318 e. The fraction of sp³-hybridized carbons (Fsp3) is 0.115. The lowest BCUT2D eigenvalue weighted by molar-refractivity contribution is 0.194. The van der Waals surface area contributed by atoms with E-state index in [2.05, 4.69) is 9.88 Å². The molecule has 1 N–H and O–H groups in total. The van der Waals surface area contributed by atoms with Crippen LogP contribution in [0.3, 0.4) is 0 Å². The number of carbonyl (C=O) groups excluding carboxylic acids is 1. The van der Waals surface area contributed by atoms with Crippen LogP contribution in [-0.4, -0.2) is 21.8 Å². The fourth-order valence-electron chi connectivity index (χ4n) is 4.26. The Morgan fingerprint density at radius 1 is 1.00 bits per heavy atom. The van der Waals surface area contributed by atoms with E-state index in [1.165, 1.54) is 0 Å². The predicted octanol–water partition coefficient (Wildman–Crippen LogP) is 6.61. The first kappa shape index (κ1) is 21.3. The minimum Gasteiger partial charge on any atom is -0.318 e. The van der Waals surface area contributed by atoms with Crippen LogP contribution in [0.4, 0.5) is 19.3 Å². The van der Waals surface area contributed by atoms with Gasteiger partial charge in [-0.25, -0.2) is 13.6 Å². The molecule has 166 valence electrons. The summed E-state index contributed by atoms with van der Waals surface area (Å²) in [6.45, 7) is 0.301. The zero-order chi connectivity index (χ0) is 22.9. The van der Waals surface area contributed by atoms with Gasteiger partial charge in [-0.15, -0.1) is 11.8 Å². The van der Waals surface area contributed by atoms with Crippen molar-refractivity contribution in [3.63, 3.8) is 0 Å². The Labute approximate surface area is 194 Å². The van der Waals surface area contributed by atoms with Crippen LogP contribution in [0.25, 0.3) is 5.69 Å². The van der Waals surface area contributed by atoms with Crippen molar-refractivity contribution in [2.45, 2.75) is 17.5 Å². The molecule has 3 aromatic carbocycles. The van der Waals surface area contributed by atoms with Gasteiger partial charge in [0.1, 0.15) is 11.6 Å². The van der Waals surface area contributed by atoms with Crippen molar-refractivity contribution in [2.75, 3.05) is 11.6 Å². The molecule has 1 aliphatic heterocycles. The van der Waals surface area contributed by atoms with Crippen molar-refractivity contribution < 1.29 is 13.6 Å². The molecule has 2 heterocycles. The zero-order valence-electron chi connectivity index (χ0n) is 17.8. The van der Waals surface area contributed by atoms with Crippen molar-refractivity contribution in [3.8, 4) is 5.69 Å². The van der Waals surface area contributed by atoms with Crippen molar-refractivity contribution in [1.29, 1.82) is 0 Å². The van der Waals surface area contributed by atoms with Gasteiger partial charge in [-0.1, -0.05) is 30.3 Å². The second-order valence-corrected chi connectivity index (χ2v) is 8.67. The lowest BCUT2D eigenvalue weighted by atomic mass is 10.0. The SMILES string of the molecule is CSc1ccc(C2c3cccn3-c3ccccc3CN2C(=O)Nc2cc(F)ccc2F)cc1. The normalized spacial score (nSPS) is 14.9. The number of halogens is 2. The standard InChI is InChI=1S/C26H21F2N3OS/c1-33-20-11-8-17(9-12-20)25-24-7-4-14-30(24)23-6-3-2-5-18(23)16-31(25)26(32)29-22-15-19(27)10-13-21(22)28/h2-15,25H,16H2,1H3,(H,29,32). The minimum atomic E-state index is -0.691. The van der Waals surface area contributed by atoms with Crippen molar-refractivity contribution >= 4 is 23.5 Å². The maximum atomic E-state index is 14.3. The van der Waals surface area contributed by atoms with Gasteiger partial charge in [0.15, 0.2) is 0 Å². The van der Waals surface area contributed by atoms with Gasteiger partial charge in [0.25, 0.3) is 0 Å². The zero-order valence-corrected chi connectivity index (χ0v) is 18.7. The van der Waals surface area contributed by atoms with E-state index >= 15 is 0 Å². The average Bonchev–Trinajstić information content (AvgIpc) is 3.26. The molecule has 4 aromatic rings. The third kappa shape index (κ3) is 4.00. The highest BCUT2D eigenvalue weighted by Crippen LogP contribution is 2.37. The molecule has 1 unspecified atom stereocenters. The summed E-state index contributed by atoms with van der Waals surface area (Å²) in [7, 11) is 0. The molecule has 4 nitrogen and oxygen atoms in total. The van der Waals surface area contributed by atoms with E-state index in [1.54, 1.807) is 16.7 Å². The summed E-state index contributed by atoms with van der Waals surface area (Å²) in [6, 6.07) is 21.9. The number of hydrogen-bond acceptors (Lipinski definition) is 2. The number of anilines is 1. The maximum Gasteiger partial charge on any atom is 0.323 e. The van der Waals surface area contributed by atoms with E-state index in [9.17, 15) is 13.6 Å². The summed E-state index contributed by atoms with van der Waals surface area (Å²) in [6.07, 6.45) is 3.99. The van der Waals surface area contributed by atoms with Gasteiger partial charge in [0.2, 0.25) is 0 Å². The Kier molecular flexibility index (Phi) is 5.64. The topological polar surface area (TPSA) is 37.3 Å². The fourth-order valence-corrected chi connectivity index (χ4v) is 4.66. The number of nitrogens with one attached hydrogen (secondary N) is 1. The quantitative estimate of drug-likeness (QED) is 0.349. The summed E-state index contributed by atoms with van der Waals surface area (Å²) in [4.78, 5) is 16.3. The van der Waals surface area contributed by atoms with E-state index < -0.39 is 23.7 Å². The maximum absolute atomic E-state index is 14.3. The number of fused-ring (bicyclic) bond motifs is 3. The van der Waals surface area contributed by atoms with E-state index in [4.69, 9.17) is 0 Å². The number of amides is 2. The van der Waals surface area contributed by atoms with Crippen molar-refractivity contribution in [3.05, 3.63) is 114 Å². The van der Waals surface area contributed by atoms with Crippen molar-refractivity contribution in [2.24, 2.45) is 0 Å². The van der Waals surface area contributed by atoms with Crippen LogP contribution < -0.4 is 5.32 Å². The number of carbonyl (C=O) groups is 1. The highest BCUT2D eigenvalue weighted by Gasteiger charge is 2.33. The van der Waals surface area contributed by atoms with Crippen LogP contribution in [0.1, 0.15) is 22.9 Å². The number of rotatable bonds is 3. The highest BCUT2D eigenvalue weighted by atomic mass is 32.2. The Morgan fingerprint density at radius 2 is 1.79 bits per heavy atom. The molecule has 1 aliphatic rings. The molecule has 0 saturated carbocycles. The summed E-state index contributed by atoms with van der Waals surface area (Å²) in [5.74, 6) is -1.31. The Hall–Kier alpha value is -3.58. The lowest BCUT2D eigenvalue weighted by Gasteiger charge is -2.31. The van der Waals surface area contributed by atoms with Gasteiger partial charge in [0.05, 0.1) is 24.0 Å². The number of nitrogens with zero attached hydrogens (tertiary/aromatic N) is 2. The van der Waals surface area contributed by atoms with Gasteiger partial charge in [-0.3, -0.25) is 0 Å². The molecule has 1 aromatic heterocycles. The molecule has 5 rings (SSSR count). The first-order chi connectivity index (χ1) is 16.0. The van der Waals surface area contributed by atoms with Crippen LogP contribution in [0.5, 0.6) is 0 Å². The predicted molar refractivity (Wildman–Crippen MR) is 127 cm³/mol. The second-order valence-electron chi connectivity index (χ2n) is 7.79. The summed E-state index contributed by atoms with van der Waals surface area (Å²) in [5.41, 5.74) is 3.58. The molecule has 2 amide bonds. The molecule has 7 heteroatoms. The molecule has 1 atom stereocenters. The summed E-state index contributed by atoms with van der Waals surface area (Å²) >= 11 is 1.64. The number of para-hydroxylation sites is 1. The van der Waals surface area contributed by atoms with Crippen LogP contribution in [-0.2, 0) is 6.54 Å². The molecular weight excluding hydrogens is 440 g/mol. The Bertz CT molecular complexity index is 1320. The third-order valence-corrected chi connectivity index (χ3v) is 6.57. The second kappa shape index (κ2) is 8.75. The van der Waals surface area contributed by atoms with E-state index in [-0.39, 0.29) is 5.69 Å². The minimum absolute atomic E-state index is 0.190. The molecule has 0 spiro atoms. The van der Waals surface area contributed by atoms with Gasteiger partial charge < -0.3 is 14.8 Å². The number of urea groups is 1. The molecular formula is C26H21F2N3OS. The van der Waals surface area contributed by atoms with E-state index in [1.807, 2.05) is 73.1 Å². The van der Waals surface area contributed by atoms with E-state index in [0.717, 1.165) is 45.6 Å². The van der Waals surface area contributed by atoms with Gasteiger partial charge in [-0.2, -0.15) is 0 Å². The number of thioether (sulfide) groups is 1. The molecule has 0 radical (unpaired) electrons. The number of hydrogen-bond donors (Lipinski definition) is 1. The Balaban J connectivity index is 1.63. The Morgan fingerprint density at radius 3 is 2.58 bits per heavy atom. The third-order valence-electron chi connectivity index (χ3n) is 5.83. The molecule has 0 bridgehead atoms. The molecule has 0 fully saturated rings. The van der Waals surface area contributed by atoms with Gasteiger partial charge >= 0.3 is 6.03 Å². The first-order valence-electron chi connectivity index (χ1n) is 10.5. The van der Waals surface area contributed by atoms with Crippen molar-refractivity contribution in [1.82, 2.24) is 9.47 Å². The summed E-state index contributed by atoms with van der Waals surface area (Å²) < 4.78 is 30.1. The van der Waals surface area contributed by atoms with Gasteiger partial charge in [-0.05, 0) is 59.8 Å². The van der Waals surface area contributed by atoms with Crippen LogP contribution >= 0.6 is 11.8 Å². The summed E-state index contributed by atoms with van der Waals surface area (Å²) in [5, 5.41) is 2.58. The lowest BCUT2D eigenvalue weighted by Crippen LogP contribution is -2.38. The van der Waals surface area contributed by atoms with Gasteiger partial charge in [0, 0.05) is 22.9 Å². The highest BCUT2D eigenvalue weighted by molar-refractivity contribution is 7.98. The van der Waals surface area contributed by atoms with Crippen LogP contribution in [0, 0.1) is 11.6 Å².